The van der Waals surface area contributed by atoms with E-state index in [1.54, 1.807) is 6.07 Å². The molecule has 0 saturated heterocycles. The standard InChI is InChI=1S/C15H14ClN3O2/c1-10-18-12-4-2-3-5-13(12)19(10)8-7-17-15(20)11-6-9-21-14(11)16/h2-6,9H,7-8H2,1H3,(H,17,20). The third-order valence-corrected chi connectivity index (χ3v) is 3.62. The number of imidazole rings is 1. The molecule has 1 N–H and O–H groups in total. The number of benzene rings is 1. The molecule has 0 bridgehead atoms. The molecular formula is C15H14ClN3O2. The molecule has 21 heavy (non-hydrogen) atoms. The number of carbonyl (C=O) groups excluding carboxylic acids is 1. The van der Waals surface area contributed by atoms with Gasteiger partial charge in [0.05, 0.1) is 22.9 Å². The molecule has 0 fully saturated rings. The van der Waals surface area contributed by atoms with Crippen LogP contribution in [-0.4, -0.2) is 22.0 Å². The van der Waals surface area contributed by atoms with Crippen molar-refractivity contribution in [2.75, 3.05) is 6.54 Å². The first-order valence-electron chi connectivity index (χ1n) is 6.60. The fourth-order valence-corrected chi connectivity index (χ4v) is 2.51. The number of nitrogens with zero attached hydrogens (tertiary/aromatic N) is 2. The van der Waals surface area contributed by atoms with E-state index in [1.807, 2.05) is 31.2 Å². The van der Waals surface area contributed by atoms with Crippen LogP contribution in [0.2, 0.25) is 5.22 Å². The average molecular weight is 304 g/mol. The number of rotatable bonds is 4. The lowest BCUT2D eigenvalue weighted by Gasteiger charge is -2.08. The van der Waals surface area contributed by atoms with Gasteiger partial charge in [-0.3, -0.25) is 4.79 Å². The summed E-state index contributed by atoms with van der Waals surface area (Å²) in [5, 5.41) is 2.93. The van der Waals surface area contributed by atoms with Crippen molar-refractivity contribution in [2.24, 2.45) is 0 Å². The fraction of sp³-hybridized carbons (Fsp3) is 0.200. The Balaban J connectivity index is 1.69. The molecule has 0 aliphatic carbocycles. The third-order valence-electron chi connectivity index (χ3n) is 3.33. The summed E-state index contributed by atoms with van der Waals surface area (Å²) in [4.78, 5) is 16.4. The Morgan fingerprint density at radius 1 is 1.38 bits per heavy atom. The van der Waals surface area contributed by atoms with E-state index in [-0.39, 0.29) is 11.1 Å². The summed E-state index contributed by atoms with van der Waals surface area (Å²) in [7, 11) is 0. The van der Waals surface area contributed by atoms with Gasteiger partial charge in [0, 0.05) is 13.1 Å². The first kappa shape index (κ1) is 13.7. The minimum atomic E-state index is -0.240. The van der Waals surface area contributed by atoms with E-state index >= 15 is 0 Å². The van der Waals surface area contributed by atoms with Gasteiger partial charge in [0.1, 0.15) is 5.82 Å². The van der Waals surface area contributed by atoms with Crippen molar-refractivity contribution >= 4 is 28.5 Å². The number of aryl methyl sites for hydroxylation is 1. The van der Waals surface area contributed by atoms with E-state index < -0.39 is 0 Å². The fourth-order valence-electron chi connectivity index (χ4n) is 2.31. The number of furan rings is 1. The highest BCUT2D eigenvalue weighted by Crippen LogP contribution is 2.17. The van der Waals surface area contributed by atoms with Gasteiger partial charge in [0.2, 0.25) is 5.22 Å². The molecule has 2 heterocycles. The van der Waals surface area contributed by atoms with Crippen molar-refractivity contribution in [2.45, 2.75) is 13.5 Å². The Labute approximate surface area is 126 Å². The summed E-state index contributed by atoms with van der Waals surface area (Å²) < 4.78 is 6.98. The van der Waals surface area contributed by atoms with Crippen molar-refractivity contribution < 1.29 is 9.21 Å². The summed E-state index contributed by atoms with van der Waals surface area (Å²) >= 11 is 5.77. The molecule has 0 radical (unpaired) electrons. The van der Waals surface area contributed by atoms with E-state index in [0.29, 0.717) is 18.7 Å². The molecule has 0 aliphatic heterocycles. The van der Waals surface area contributed by atoms with Crippen LogP contribution in [0.25, 0.3) is 11.0 Å². The van der Waals surface area contributed by atoms with Crippen molar-refractivity contribution in [3.8, 4) is 0 Å². The quantitative estimate of drug-likeness (QED) is 0.806. The van der Waals surface area contributed by atoms with Gasteiger partial charge in [-0.2, -0.15) is 0 Å². The summed E-state index contributed by atoms with van der Waals surface area (Å²) in [5.41, 5.74) is 2.37. The molecule has 6 heteroatoms. The highest BCUT2D eigenvalue weighted by atomic mass is 35.5. The zero-order valence-corrected chi connectivity index (χ0v) is 12.2. The van der Waals surface area contributed by atoms with Gasteiger partial charge < -0.3 is 14.3 Å². The number of hydrogen-bond acceptors (Lipinski definition) is 3. The largest absolute Gasteiger partial charge is 0.452 e. The minimum absolute atomic E-state index is 0.108. The topological polar surface area (TPSA) is 60.1 Å². The molecular weight excluding hydrogens is 290 g/mol. The second kappa shape index (κ2) is 5.61. The van der Waals surface area contributed by atoms with Gasteiger partial charge in [-0.05, 0) is 36.7 Å². The van der Waals surface area contributed by atoms with Crippen molar-refractivity contribution in [3.63, 3.8) is 0 Å². The molecule has 0 spiro atoms. The number of fused-ring (bicyclic) bond motifs is 1. The van der Waals surface area contributed by atoms with Crippen LogP contribution >= 0.6 is 11.6 Å². The van der Waals surface area contributed by atoms with Gasteiger partial charge >= 0.3 is 0 Å². The van der Waals surface area contributed by atoms with Crippen LogP contribution in [0.3, 0.4) is 0 Å². The molecule has 108 valence electrons. The highest BCUT2D eigenvalue weighted by Gasteiger charge is 2.12. The van der Waals surface area contributed by atoms with Crippen molar-refractivity contribution in [1.29, 1.82) is 0 Å². The molecule has 5 nitrogen and oxygen atoms in total. The zero-order valence-electron chi connectivity index (χ0n) is 11.5. The van der Waals surface area contributed by atoms with E-state index in [2.05, 4.69) is 14.9 Å². The number of hydrogen-bond donors (Lipinski definition) is 1. The molecule has 0 aliphatic rings. The van der Waals surface area contributed by atoms with Crippen LogP contribution in [0.5, 0.6) is 0 Å². The maximum Gasteiger partial charge on any atom is 0.256 e. The van der Waals surface area contributed by atoms with Crippen LogP contribution in [0.15, 0.2) is 41.0 Å². The predicted octanol–water partition coefficient (Wildman–Crippen LogP) is 3.02. The Hall–Kier alpha value is -2.27. The second-order valence-electron chi connectivity index (χ2n) is 4.66. The Morgan fingerprint density at radius 2 is 2.19 bits per heavy atom. The van der Waals surface area contributed by atoms with Gasteiger partial charge in [-0.15, -0.1) is 0 Å². The van der Waals surface area contributed by atoms with E-state index in [0.717, 1.165) is 16.9 Å². The van der Waals surface area contributed by atoms with Crippen LogP contribution in [0.1, 0.15) is 16.2 Å². The predicted molar refractivity (Wildman–Crippen MR) is 80.5 cm³/mol. The maximum absolute atomic E-state index is 11.9. The number of halogens is 1. The zero-order chi connectivity index (χ0) is 14.8. The lowest BCUT2D eigenvalue weighted by Crippen LogP contribution is -2.27. The lowest BCUT2D eigenvalue weighted by molar-refractivity contribution is 0.0952. The third kappa shape index (κ3) is 2.64. The summed E-state index contributed by atoms with van der Waals surface area (Å²) in [6.45, 7) is 3.09. The average Bonchev–Trinajstić information content (AvgIpc) is 3.03. The van der Waals surface area contributed by atoms with Gasteiger partial charge in [-0.25, -0.2) is 4.98 Å². The van der Waals surface area contributed by atoms with Crippen LogP contribution in [-0.2, 0) is 6.54 Å². The molecule has 1 aromatic carbocycles. The van der Waals surface area contributed by atoms with Crippen molar-refractivity contribution in [1.82, 2.24) is 14.9 Å². The van der Waals surface area contributed by atoms with E-state index in [1.165, 1.54) is 6.26 Å². The summed E-state index contributed by atoms with van der Waals surface area (Å²) in [6, 6.07) is 9.48. The van der Waals surface area contributed by atoms with Gasteiger partial charge in [-0.1, -0.05) is 12.1 Å². The molecule has 0 saturated carbocycles. The van der Waals surface area contributed by atoms with Crippen molar-refractivity contribution in [3.05, 3.63) is 53.2 Å². The molecule has 1 amide bonds. The SMILES string of the molecule is Cc1nc2ccccc2n1CCNC(=O)c1ccoc1Cl. The normalized spacial score (nSPS) is 11.0. The molecule has 2 aromatic heterocycles. The van der Waals surface area contributed by atoms with Crippen LogP contribution < -0.4 is 5.32 Å². The monoisotopic (exact) mass is 303 g/mol. The Bertz CT molecular complexity index is 791. The van der Waals surface area contributed by atoms with Crippen LogP contribution in [0, 0.1) is 6.92 Å². The Morgan fingerprint density at radius 3 is 2.95 bits per heavy atom. The summed E-state index contributed by atoms with van der Waals surface area (Å²) in [6.07, 6.45) is 1.39. The van der Waals surface area contributed by atoms with Gasteiger partial charge in [0.15, 0.2) is 0 Å². The highest BCUT2D eigenvalue weighted by molar-refractivity contribution is 6.32. The molecule has 0 atom stereocenters. The smallest absolute Gasteiger partial charge is 0.256 e. The second-order valence-corrected chi connectivity index (χ2v) is 5.01. The Kier molecular flexibility index (Phi) is 3.66. The number of amides is 1. The number of para-hydroxylation sites is 2. The molecule has 3 rings (SSSR count). The number of nitrogens with one attached hydrogen (secondary N) is 1. The first-order valence-corrected chi connectivity index (χ1v) is 6.97. The first-order chi connectivity index (χ1) is 10.2. The molecule has 3 aromatic rings. The van der Waals surface area contributed by atoms with E-state index in [9.17, 15) is 4.79 Å². The minimum Gasteiger partial charge on any atom is -0.452 e. The molecule has 0 unspecified atom stereocenters. The number of aromatic nitrogens is 2. The van der Waals surface area contributed by atoms with Crippen LogP contribution in [0.4, 0.5) is 0 Å². The van der Waals surface area contributed by atoms with Gasteiger partial charge in [0.25, 0.3) is 5.91 Å². The lowest BCUT2D eigenvalue weighted by atomic mass is 10.3. The number of carbonyl (C=O) groups is 1. The van der Waals surface area contributed by atoms with E-state index in [4.69, 9.17) is 16.0 Å². The maximum atomic E-state index is 11.9. The summed E-state index contributed by atoms with van der Waals surface area (Å²) in [5.74, 6) is 0.683.